The summed E-state index contributed by atoms with van der Waals surface area (Å²) in [6, 6.07) is 17.6. The van der Waals surface area contributed by atoms with Gasteiger partial charge in [0.2, 0.25) is 0 Å². The molecule has 0 saturated carbocycles. The molecule has 1 aliphatic heterocycles. The van der Waals surface area contributed by atoms with Crippen molar-refractivity contribution in [3.63, 3.8) is 0 Å². The van der Waals surface area contributed by atoms with Crippen LogP contribution in [0.1, 0.15) is 26.7 Å². The Hall–Kier alpha value is -3.25. The number of amides is 2. The zero-order chi connectivity index (χ0) is 21.1. The van der Waals surface area contributed by atoms with Crippen LogP contribution in [-0.4, -0.2) is 47.8 Å². The Kier molecular flexibility index (Phi) is 5.77. The largest absolute Gasteiger partial charge is 0.457 e. The monoisotopic (exact) mass is 424 g/mol. The molecule has 2 amide bonds. The van der Waals surface area contributed by atoms with Gasteiger partial charge in [-0.1, -0.05) is 17.7 Å². The van der Waals surface area contributed by atoms with E-state index in [2.05, 4.69) is 0 Å². The number of furan rings is 1. The van der Waals surface area contributed by atoms with Gasteiger partial charge in [-0.2, -0.15) is 0 Å². The molecule has 0 atom stereocenters. The molecule has 2 aromatic carbocycles. The molecule has 1 fully saturated rings. The van der Waals surface area contributed by atoms with Crippen LogP contribution in [0.4, 0.5) is 0 Å². The minimum atomic E-state index is -0.141. The number of hydrogen-bond acceptors (Lipinski definition) is 4. The van der Waals surface area contributed by atoms with E-state index in [4.69, 9.17) is 20.8 Å². The van der Waals surface area contributed by atoms with Gasteiger partial charge < -0.3 is 19.0 Å². The third kappa shape index (κ3) is 4.49. The summed E-state index contributed by atoms with van der Waals surface area (Å²) in [7, 11) is 0. The summed E-state index contributed by atoms with van der Waals surface area (Å²) in [6.45, 7) is 3.70. The van der Waals surface area contributed by atoms with Crippen LogP contribution in [0.3, 0.4) is 0 Å². The zero-order valence-corrected chi connectivity index (χ0v) is 17.3. The minimum absolute atomic E-state index is 0.0646. The number of aryl methyl sites for hydroxylation is 1. The molecule has 2 heterocycles. The molecule has 0 N–H and O–H groups in total. The Morgan fingerprint density at radius 2 is 1.53 bits per heavy atom. The molecule has 6 nitrogen and oxygen atoms in total. The molecular weight excluding hydrogens is 404 g/mol. The maximum absolute atomic E-state index is 12.8. The molecule has 30 heavy (non-hydrogen) atoms. The Morgan fingerprint density at radius 1 is 0.867 bits per heavy atom. The number of carbonyl (C=O) groups excluding carboxylic acids is 2. The second-order valence-electron chi connectivity index (χ2n) is 7.08. The number of benzene rings is 2. The molecule has 4 rings (SSSR count). The third-order valence-electron chi connectivity index (χ3n) is 4.94. The number of nitrogens with zero attached hydrogens (tertiary/aromatic N) is 2. The van der Waals surface area contributed by atoms with E-state index in [0.717, 1.165) is 0 Å². The van der Waals surface area contributed by atoms with Crippen LogP contribution in [0.15, 0.2) is 65.1 Å². The molecular formula is C23H21ClN2O4. The number of carbonyl (C=O) groups is 2. The summed E-state index contributed by atoms with van der Waals surface area (Å²) in [6.07, 6.45) is 0. The van der Waals surface area contributed by atoms with Crippen LogP contribution >= 0.6 is 11.6 Å². The molecule has 1 saturated heterocycles. The Bertz CT molecular complexity index is 1050. The van der Waals surface area contributed by atoms with Crippen LogP contribution in [0.25, 0.3) is 0 Å². The maximum Gasteiger partial charge on any atom is 0.289 e. The van der Waals surface area contributed by atoms with E-state index in [1.165, 1.54) is 0 Å². The van der Waals surface area contributed by atoms with Crippen LogP contribution in [0.2, 0.25) is 5.02 Å². The van der Waals surface area contributed by atoms with E-state index < -0.39 is 0 Å². The van der Waals surface area contributed by atoms with Crippen LogP contribution in [0.5, 0.6) is 11.5 Å². The van der Waals surface area contributed by atoms with Gasteiger partial charge in [-0.15, -0.1) is 0 Å². The predicted molar refractivity (Wildman–Crippen MR) is 113 cm³/mol. The van der Waals surface area contributed by atoms with Gasteiger partial charge in [-0.25, -0.2) is 0 Å². The molecule has 0 spiro atoms. The molecule has 154 valence electrons. The van der Waals surface area contributed by atoms with Crippen molar-refractivity contribution in [2.24, 2.45) is 0 Å². The number of halogens is 1. The topological polar surface area (TPSA) is 63.0 Å². The van der Waals surface area contributed by atoms with E-state index in [-0.39, 0.29) is 11.8 Å². The lowest BCUT2D eigenvalue weighted by Crippen LogP contribution is -2.50. The van der Waals surface area contributed by atoms with E-state index >= 15 is 0 Å². The van der Waals surface area contributed by atoms with Crippen LogP contribution < -0.4 is 4.74 Å². The SMILES string of the molecule is Cc1ccc(C(=O)N2CCN(C(=O)c3ccc(Oc4cccc(Cl)c4)cc3)CC2)o1. The van der Waals surface area contributed by atoms with Crippen LogP contribution in [-0.2, 0) is 0 Å². The van der Waals surface area contributed by atoms with Crippen molar-refractivity contribution in [1.29, 1.82) is 0 Å². The zero-order valence-electron chi connectivity index (χ0n) is 16.5. The first-order chi connectivity index (χ1) is 14.5. The van der Waals surface area contributed by atoms with Crippen molar-refractivity contribution < 1.29 is 18.7 Å². The standard InChI is InChI=1S/C23H21ClN2O4/c1-16-5-10-21(29-16)23(28)26-13-11-25(12-14-26)22(27)17-6-8-19(9-7-17)30-20-4-2-3-18(24)15-20/h2-10,15H,11-14H2,1H3. The molecule has 0 aliphatic carbocycles. The predicted octanol–water partition coefficient (Wildman–Crippen LogP) is 4.63. The summed E-state index contributed by atoms with van der Waals surface area (Å²) < 4.78 is 11.2. The highest BCUT2D eigenvalue weighted by Crippen LogP contribution is 2.24. The van der Waals surface area contributed by atoms with Crippen molar-refractivity contribution in [3.8, 4) is 11.5 Å². The molecule has 0 bridgehead atoms. The second-order valence-corrected chi connectivity index (χ2v) is 7.51. The van der Waals surface area contributed by atoms with Crippen molar-refractivity contribution in [3.05, 3.63) is 82.8 Å². The lowest BCUT2D eigenvalue weighted by Gasteiger charge is -2.34. The van der Waals surface area contributed by atoms with E-state index in [1.54, 1.807) is 65.3 Å². The normalized spacial score (nSPS) is 13.9. The molecule has 7 heteroatoms. The van der Waals surface area contributed by atoms with Crippen molar-refractivity contribution in [2.45, 2.75) is 6.92 Å². The summed E-state index contributed by atoms with van der Waals surface area (Å²) >= 11 is 5.97. The summed E-state index contributed by atoms with van der Waals surface area (Å²) in [5.74, 6) is 2.09. The number of rotatable bonds is 4. The average Bonchev–Trinajstić information content (AvgIpc) is 3.20. The first kappa shape index (κ1) is 20.0. The molecule has 3 aromatic rings. The highest BCUT2D eigenvalue weighted by molar-refractivity contribution is 6.30. The van der Waals surface area contributed by atoms with Gasteiger partial charge in [0.15, 0.2) is 5.76 Å². The van der Waals surface area contributed by atoms with E-state index in [9.17, 15) is 9.59 Å². The Morgan fingerprint density at radius 3 is 2.13 bits per heavy atom. The average molecular weight is 425 g/mol. The smallest absolute Gasteiger partial charge is 0.289 e. The Balaban J connectivity index is 1.34. The van der Waals surface area contributed by atoms with E-state index in [1.807, 2.05) is 12.1 Å². The summed E-state index contributed by atoms with van der Waals surface area (Å²) in [5, 5.41) is 0.596. The van der Waals surface area contributed by atoms with Gasteiger partial charge >= 0.3 is 0 Å². The first-order valence-corrected chi connectivity index (χ1v) is 10.1. The van der Waals surface area contributed by atoms with Gasteiger partial charge in [0.1, 0.15) is 17.3 Å². The Labute approximate surface area is 179 Å². The van der Waals surface area contributed by atoms with Crippen molar-refractivity contribution in [1.82, 2.24) is 9.80 Å². The van der Waals surface area contributed by atoms with Gasteiger partial charge in [-0.3, -0.25) is 9.59 Å². The highest BCUT2D eigenvalue weighted by atomic mass is 35.5. The van der Waals surface area contributed by atoms with Crippen LogP contribution in [0, 0.1) is 6.92 Å². The molecule has 0 unspecified atom stereocenters. The van der Waals surface area contributed by atoms with Gasteiger partial charge in [0.25, 0.3) is 11.8 Å². The third-order valence-corrected chi connectivity index (χ3v) is 5.17. The molecule has 1 aromatic heterocycles. The fourth-order valence-corrected chi connectivity index (χ4v) is 3.51. The van der Waals surface area contributed by atoms with E-state index in [0.29, 0.717) is 59.8 Å². The molecule has 0 radical (unpaired) electrons. The number of piperazine rings is 1. The summed E-state index contributed by atoms with van der Waals surface area (Å²) in [4.78, 5) is 28.8. The van der Waals surface area contributed by atoms with Crippen molar-refractivity contribution in [2.75, 3.05) is 26.2 Å². The minimum Gasteiger partial charge on any atom is -0.457 e. The first-order valence-electron chi connectivity index (χ1n) is 9.68. The quantitative estimate of drug-likeness (QED) is 0.612. The fraction of sp³-hybridized carbons (Fsp3) is 0.217. The summed E-state index contributed by atoms with van der Waals surface area (Å²) in [5.41, 5.74) is 0.579. The van der Waals surface area contributed by atoms with Gasteiger partial charge in [-0.05, 0) is 61.5 Å². The number of hydrogen-bond donors (Lipinski definition) is 0. The lowest BCUT2D eigenvalue weighted by molar-refractivity contribution is 0.0517. The second kappa shape index (κ2) is 8.63. The van der Waals surface area contributed by atoms with Crippen molar-refractivity contribution >= 4 is 23.4 Å². The van der Waals surface area contributed by atoms with Gasteiger partial charge in [0.05, 0.1) is 0 Å². The lowest BCUT2D eigenvalue weighted by atomic mass is 10.1. The molecule has 1 aliphatic rings. The van der Waals surface area contributed by atoms with Gasteiger partial charge in [0, 0.05) is 36.8 Å². The fourth-order valence-electron chi connectivity index (χ4n) is 3.33. The highest BCUT2D eigenvalue weighted by Gasteiger charge is 2.26. The number of ether oxygens (including phenoxy) is 1. The maximum atomic E-state index is 12.8.